The van der Waals surface area contributed by atoms with Crippen molar-refractivity contribution < 1.29 is 9.90 Å². The molecule has 0 radical (unpaired) electrons. The smallest absolute Gasteiger partial charge is 0.321 e. The van der Waals surface area contributed by atoms with E-state index >= 15 is 0 Å². The van der Waals surface area contributed by atoms with Crippen LogP contribution in [0.3, 0.4) is 0 Å². The van der Waals surface area contributed by atoms with Gasteiger partial charge in [0.25, 0.3) is 0 Å². The van der Waals surface area contributed by atoms with Crippen molar-refractivity contribution in [3.05, 3.63) is 21.3 Å². The van der Waals surface area contributed by atoms with Gasteiger partial charge in [0, 0.05) is 12.6 Å². The molecule has 0 spiro atoms. The largest absolute Gasteiger partial charge is 0.480 e. The highest BCUT2D eigenvalue weighted by Crippen LogP contribution is 2.45. The highest BCUT2D eigenvalue weighted by molar-refractivity contribution is 7.14. The molecule has 19 heavy (non-hydrogen) atoms. The van der Waals surface area contributed by atoms with Crippen molar-refractivity contribution in [1.82, 2.24) is 4.90 Å². The number of likely N-dealkylation sites (tertiary alicyclic amines) is 1. The number of aliphatic carboxylic acids is 1. The molecule has 2 heterocycles. The molecular formula is C14H18ClNO2S. The molecule has 0 bridgehead atoms. The third-order valence-electron chi connectivity index (χ3n) is 4.75. The quantitative estimate of drug-likeness (QED) is 0.926. The maximum atomic E-state index is 11.6. The summed E-state index contributed by atoms with van der Waals surface area (Å²) in [6.07, 6.45) is 3.43. The molecule has 5 heteroatoms. The van der Waals surface area contributed by atoms with Crippen molar-refractivity contribution >= 4 is 28.9 Å². The Labute approximate surface area is 122 Å². The number of hydrogen-bond donors (Lipinski definition) is 1. The molecule has 1 N–H and O–H groups in total. The fourth-order valence-electron chi connectivity index (χ4n) is 3.80. The predicted octanol–water partition coefficient (Wildman–Crippen LogP) is 3.65. The Bertz CT molecular complexity index is 490. The van der Waals surface area contributed by atoms with Gasteiger partial charge in [-0.3, -0.25) is 9.69 Å². The molecule has 1 aliphatic heterocycles. The lowest BCUT2D eigenvalue weighted by Gasteiger charge is -2.29. The van der Waals surface area contributed by atoms with Gasteiger partial charge in [-0.25, -0.2) is 0 Å². The summed E-state index contributed by atoms with van der Waals surface area (Å²) in [5.41, 5.74) is 1.14. The van der Waals surface area contributed by atoms with Crippen LogP contribution in [0.4, 0.5) is 0 Å². The minimum atomic E-state index is -0.664. The molecule has 104 valence electrons. The monoisotopic (exact) mass is 299 g/mol. The molecule has 0 amide bonds. The van der Waals surface area contributed by atoms with E-state index in [1.807, 2.05) is 11.4 Å². The zero-order valence-corrected chi connectivity index (χ0v) is 12.5. The molecule has 3 nitrogen and oxygen atoms in total. The third-order valence-corrected chi connectivity index (χ3v) is 5.86. The lowest BCUT2D eigenvalue weighted by molar-refractivity contribution is -0.144. The van der Waals surface area contributed by atoms with E-state index in [2.05, 4.69) is 11.8 Å². The summed E-state index contributed by atoms with van der Waals surface area (Å²) in [6.45, 7) is 3.01. The summed E-state index contributed by atoms with van der Waals surface area (Å²) < 4.78 is 0.771. The van der Waals surface area contributed by atoms with Crippen LogP contribution in [0.1, 0.15) is 37.8 Å². The Kier molecular flexibility index (Phi) is 3.58. The van der Waals surface area contributed by atoms with Crippen LogP contribution in [0.15, 0.2) is 11.4 Å². The second kappa shape index (κ2) is 5.08. The number of nitrogens with zero attached hydrogens (tertiary/aromatic N) is 1. The number of carboxylic acid groups (broad SMARTS) is 1. The fraction of sp³-hybridized carbons (Fsp3) is 0.643. The Balaban J connectivity index is 1.85. The van der Waals surface area contributed by atoms with Crippen LogP contribution in [0.5, 0.6) is 0 Å². The maximum absolute atomic E-state index is 11.6. The Morgan fingerprint density at radius 2 is 2.37 bits per heavy atom. The van der Waals surface area contributed by atoms with Gasteiger partial charge in [-0.15, -0.1) is 11.3 Å². The first-order valence-corrected chi connectivity index (χ1v) is 8.06. The molecule has 2 aliphatic rings. The standard InChI is InChI=1S/C14H18ClNO2S/c1-8(10-5-12(15)19-7-10)16-6-9-3-2-4-11(9)13(16)14(17)18/h5,7-9,11,13H,2-4,6H2,1H3,(H,17,18). The van der Waals surface area contributed by atoms with Crippen LogP contribution >= 0.6 is 22.9 Å². The van der Waals surface area contributed by atoms with Crippen LogP contribution in [0.2, 0.25) is 4.34 Å². The second-order valence-electron chi connectivity index (χ2n) is 5.69. The third kappa shape index (κ3) is 2.30. The number of carbonyl (C=O) groups is 1. The van der Waals surface area contributed by atoms with Gasteiger partial charge in [-0.2, -0.15) is 0 Å². The minimum Gasteiger partial charge on any atom is -0.480 e. The number of halogens is 1. The van der Waals surface area contributed by atoms with Crippen molar-refractivity contribution in [3.8, 4) is 0 Å². The lowest BCUT2D eigenvalue weighted by Crippen LogP contribution is -2.40. The molecule has 4 atom stereocenters. The Morgan fingerprint density at radius 3 is 3.00 bits per heavy atom. The fourth-order valence-corrected chi connectivity index (χ4v) is 4.77. The lowest BCUT2D eigenvalue weighted by atomic mass is 9.94. The van der Waals surface area contributed by atoms with E-state index in [-0.39, 0.29) is 12.1 Å². The zero-order valence-electron chi connectivity index (χ0n) is 10.9. The average molecular weight is 300 g/mol. The van der Waals surface area contributed by atoms with E-state index in [0.717, 1.165) is 22.9 Å². The summed E-state index contributed by atoms with van der Waals surface area (Å²) in [5, 5.41) is 11.6. The maximum Gasteiger partial charge on any atom is 0.321 e. The summed E-state index contributed by atoms with van der Waals surface area (Å²) in [6, 6.07) is 1.78. The zero-order chi connectivity index (χ0) is 13.6. The number of hydrogen-bond acceptors (Lipinski definition) is 3. The highest BCUT2D eigenvalue weighted by atomic mass is 35.5. The van der Waals surface area contributed by atoms with Crippen LogP contribution in [0.25, 0.3) is 0 Å². The first kappa shape index (κ1) is 13.4. The van der Waals surface area contributed by atoms with Crippen LogP contribution in [-0.4, -0.2) is 28.6 Å². The first-order chi connectivity index (χ1) is 9.08. The summed E-state index contributed by atoms with van der Waals surface area (Å²) in [7, 11) is 0. The van der Waals surface area contributed by atoms with Gasteiger partial charge in [0.15, 0.2) is 0 Å². The predicted molar refractivity (Wildman–Crippen MR) is 76.7 cm³/mol. The molecule has 1 saturated heterocycles. The van der Waals surface area contributed by atoms with E-state index < -0.39 is 5.97 Å². The topological polar surface area (TPSA) is 40.5 Å². The second-order valence-corrected chi connectivity index (χ2v) is 7.24. The van der Waals surface area contributed by atoms with Crippen molar-refractivity contribution in [2.45, 2.75) is 38.3 Å². The molecule has 3 rings (SSSR count). The van der Waals surface area contributed by atoms with Gasteiger partial charge in [0.1, 0.15) is 6.04 Å². The van der Waals surface area contributed by atoms with E-state index in [4.69, 9.17) is 11.6 Å². The molecule has 4 unspecified atom stereocenters. The van der Waals surface area contributed by atoms with Crippen molar-refractivity contribution in [2.75, 3.05) is 6.54 Å². The van der Waals surface area contributed by atoms with Gasteiger partial charge in [-0.05, 0) is 48.6 Å². The summed E-state index contributed by atoms with van der Waals surface area (Å²) in [5.74, 6) is 0.245. The SMILES string of the molecule is CC(c1csc(Cl)c1)N1CC2CCCC2C1C(=O)O. The molecular weight excluding hydrogens is 282 g/mol. The summed E-state index contributed by atoms with van der Waals surface area (Å²) in [4.78, 5) is 13.8. The van der Waals surface area contributed by atoms with Crippen LogP contribution < -0.4 is 0 Å². The van der Waals surface area contributed by atoms with Gasteiger partial charge < -0.3 is 5.11 Å². The molecule has 0 aromatic carbocycles. The van der Waals surface area contributed by atoms with Crippen molar-refractivity contribution in [2.24, 2.45) is 11.8 Å². The molecule has 1 aliphatic carbocycles. The van der Waals surface area contributed by atoms with E-state index in [0.29, 0.717) is 11.8 Å². The van der Waals surface area contributed by atoms with Gasteiger partial charge in [0.2, 0.25) is 0 Å². The minimum absolute atomic E-state index is 0.135. The van der Waals surface area contributed by atoms with Crippen LogP contribution in [0, 0.1) is 11.8 Å². The van der Waals surface area contributed by atoms with Crippen molar-refractivity contribution in [3.63, 3.8) is 0 Å². The highest BCUT2D eigenvalue weighted by Gasteiger charge is 2.49. The number of thiophene rings is 1. The van der Waals surface area contributed by atoms with Crippen molar-refractivity contribution in [1.29, 1.82) is 0 Å². The van der Waals surface area contributed by atoms with Gasteiger partial charge >= 0.3 is 5.97 Å². The normalized spacial score (nSPS) is 32.4. The van der Waals surface area contributed by atoms with Crippen LogP contribution in [-0.2, 0) is 4.79 Å². The van der Waals surface area contributed by atoms with E-state index in [1.54, 1.807) is 0 Å². The van der Waals surface area contributed by atoms with E-state index in [9.17, 15) is 9.90 Å². The first-order valence-electron chi connectivity index (χ1n) is 6.80. The Morgan fingerprint density at radius 1 is 1.58 bits per heavy atom. The Hall–Kier alpha value is -0.580. The number of carboxylic acids is 1. The van der Waals surface area contributed by atoms with E-state index in [1.165, 1.54) is 24.2 Å². The molecule has 2 fully saturated rings. The number of rotatable bonds is 3. The van der Waals surface area contributed by atoms with Gasteiger partial charge in [0.05, 0.1) is 4.34 Å². The number of fused-ring (bicyclic) bond motifs is 1. The molecule has 1 aromatic heterocycles. The summed E-state index contributed by atoms with van der Waals surface area (Å²) >= 11 is 7.50. The van der Waals surface area contributed by atoms with Gasteiger partial charge in [-0.1, -0.05) is 18.0 Å². The molecule has 1 aromatic rings. The average Bonchev–Trinajstić information content (AvgIpc) is 3.00. The molecule has 1 saturated carbocycles.